The molecular weight excluding hydrogens is 222 g/mol. The molecule has 1 unspecified atom stereocenters. The third-order valence-electron chi connectivity index (χ3n) is 5.36. The second-order valence-electron chi connectivity index (χ2n) is 6.30. The molecule has 0 aromatic carbocycles. The molecule has 3 aliphatic rings. The fraction of sp³-hybridized carbons (Fsp3) is 1.00. The van der Waals surface area contributed by atoms with E-state index in [1.807, 2.05) is 0 Å². The first-order valence-corrected chi connectivity index (χ1v) is 8.14. The van der Waals surface area contributed by atoms with E-state index >= 15 is 0 Å². The molecule has 0 bridgehead atoms. The van der Waals surface area contributed by atoms with Gasteiger partial charge in [0, 0.05) is 25.2 Å². The molecule has 3 nitrogen and oxygen atoms in total. The standard InChI is InChI=1S/C15H29N3/c1-2-17-15(13-5-3-4-6-13)9-12-18(17)14-7-10-16-11-8-14/h13-16H,2-12H2,1H3. The van der Waals surface area contributed by atoms with Gasteiger partial charge >= 0.3 is 0 Å². The van der Waals surface area contributed by atoms with Crippen LogP contribution in [-0.4, -0.2) is 48.3 Å². The molecule has 1 saturated carbocycles. The molecule has 3 heteroatoms. The Morgan fingerprint density at radius 3 is 2.39 bits per heavy atom. The lowest BCUT2D eigenvalue weighted by Crippen LogP contribution is -2.51. The van der Waals surface area contributed by atoms with Gasteiger partial charge in [0.2, 0.25) is 0 Å². The van der Waals surface area contributed by atoms with E-state index in [2.05, 4.69) is 22.3 Å². The quantitative estimate of drug-likeness (QED) is 0.830. The minimum absolute atomic E-state index is 0.817. The Kier molecular flexibility index (Phi) is 4.22. The van der Waals surface area contributed by atoms with Gasteiger partial charge in [-0.3, -0.25) is 0 Å². The number of hydrogen-bond donors (Lipinski definition) is 1. The van der Waals surface area contributed by atoms with Crippen molar-refractivity contribution >= 4 is 0 Å². The SMILES string of the molecule is CCN1C(C2CCCC2)CCN1C1CCNCC1. The molecule has 0 aromatic heterocycles. The number of hydrogen-bond acceptors (Lipinski definition) is 3. The van der Waals surface area contributed by atoms with Crippen molar-refractivity contribution in [3.05, 3.63) is 0 Å². The maximum Gasteiger partial charge on any atom is 0.0286 e. The summed E-state index contributed by atoms with van der Waals surface area (Å²) in [5.74, 6) is 0.997. The molecule has 2 heterocycles. The molecule has 0 spiro atoms. The van der Waals surface area contributed by atoms with Gasteiger partial charge in [-0.15, -0.1) is 0 Å². The molecule has 0 radical (unpaired) electrons. The Morgan fingerprint density at radius 1 is 1.00 bits per heavy atom. The van der Waals surface area contributed by atoms with Crippen LogP contribution >= 0.6 is 0 Å². The van der Waals surface area contributed by atoms with Crippen LogP contribution in [0.15, 0.2) is 0 Å². The van der Waals surface area contributed by atoms with E-state index in [4.69, 9.17) is 0 Å². The second-order valence-corrected chi connectivity index (χ2v) is 6.30. The van der Waals surface area contributed by atoms with Gasteiger partial charge in [0.05, 0.1) is 0 Å². The Balaban J connectivity index is 1.64. The highest BCUT2D eigenvalue weighted by Gasteiger charge is 2.39. The van der Waals surface area contributed by atoms with E-state index in [-0.39, 0.29) is 0 Å². The van der Waals surface area contributed by atoms with Gasteiger partial charge in [0.1, 0.15) is 0 Å². The lowest BCUT2D eigenvalue weighted by atomic mass is 9.96. The molecule has 0 amide bonds. The lowest BCUT2D eigenvalue weighted by molar-refractivity contribution is -0.0553. The number of nitrogens with one attached hydrogen (secondary N) is 1. The third kappa shape index (κ3) is 2.45. The first-order valence-electron chi connectivity index (χ1n) is 8.14. The van der Waals surface area contributed by atoms with Crippen LogP contribution in [-0.2, 0) is 0 Å². The van der Waals surface area contributed by atoms with Gasteiger partial charge in [-0.05, 0) is 51.1 Å². The van der Waals surface area contributed by atoms with Crippen molar-refractivity contribution in [1.29, 1.82) is 0 Å². The molecule has 104 valence electrons. The number of hydrazine groups is 1. The number of rotatable bonds is 3. The maximum atomic E-state index is 3.49. The van der Waals surface area contributed by atoms with Gasteiger partial charge in [-0.1, -0.05) is 19.8 Å². The van der Waals surface area contributed by atoms with E-state index in [0.29, 0.717) is 0 Å². The van der Waals surface area contributed by atoms with Gasteiger partial charge in [-0.25, -0.2) is 10.0 Å². The van der Waals surface area contributed by atoms with Crippen LogP contribution < -0.4 is 5.32 Å². The van der Waals surface area contributed by atoms with Gasteiger partial charge in [-0.2, -0.15) is 0 Å². The first-order chi connectivity index (χ1) is 8.90. The van der Waals surface area contributed by atoms with Crippen LogP contribution in [0, 0.1) is 5.92 Å². The van der Waals surface area contributed by atoms with Crippen LogP contribution in [0.3, 0.4) is 0 Å². The van der Waals surface area contributed by atoms with Gasteiger partial charge < -0.3 is 5.32 Å². The summed E-state index contributed by atoms with van der Waals surface area (Å²) in [6, 6.07) is 1.69. The minimum atomic E-state index is 0.817. The van der Waals surface area contributed by atoms with Gasteiger partial charge in [0.15, 0.2) is 0 Å². The van der Waals surface area contributed by atoms with Crippen molar-refractivity contribution in [2.75, 3.05) is 26.2 Å². The van der Waals surface area contributed by atoms with Crippen LogP contribution in [0.25, 0.3) is 0 Å². The zero-order valence-electron chi connectivity index (χ0n) is 11.9. The topological polar surface area (TPSA) is 18.5 Å². The second kappa shape index (κ2) is 5.89. The van der Waals surface area contributed by atoms with E-state index in [9.17, 15) is 0 Å². The molecule has 1 aliphatic carbocycles. The van der Waals surface area contributed by atoms with Crippen molar-refractivity contribution in [1.82, 2.24) is 15.3 Å². The fourth-order valence-corrected chi connectivity index (χ4v) is 4.47. The molecule has 1 atom stereocenters. The Bertz CT molecular complexity index is 256. The van der Waals surface area contributed by atoms with Crippen molar-refractivity contribution in [3.63, 3.8) is 0 Å². The highest BCUT2D eigenvalue weighted by Crippen LogP contribution is 2.36. The van der Waals surface area contributed by atoms with Crippen LogP contribution in [0.4, 0.5) is 0 Å². The first kappa shape index (κ1) is 12.9. The van der Waals surface area contributed by atoms with E-state index in [1.54, 1.807) is 0 Å². The summed E-state index contributed by atoms with van der Waals surface area (Å²) in [4.78, 5) is 0. The predicted molar refractivity (Wildman–Crippen MR) is 75.3 cm³/mol. The van der Waals surface area contributed by atoms with Gasteiger partial charge in [0.25, 0.3) is 0 Å². The minimum Gasteiger partial charge on any atom is -0.317 e. The molecule has 2 saturated heterocycles. The fourth-order valence-electron chi connectivity index (χ4n) is 4.47. The van der Waals surface area contributed by atoms with Crippen molar-refractivity contribution in [3.8, 4) is 0 Å². The molecule has 18 heavy (non-hydrogen) atoms. The van der Waals surface area contributed by atoms with Crippen LogP contribution in [0.2, 0.25) is 0 Å². The summed E-state index contributed by atoms with van der Waals surface area (Å²) >= 11 is 0. The van der Waals surface area contributed by atoms with E-state index in [0.717, 1.165) is 18.0 Å². The Hall–Kier alpha value is -0.120. The number of nitrogens with zero attached hydrogens (tertiary/aromatic N) is 2. The number of piperidine rings is 1. The maximum absolute atomic E-state index is 3.49. The third-order valence-corrected chi connectivity index (χ3v) is 5.36. The molecule has 1 N–H and O–H groups in total. The Morgan fingerprint density at radius 2 is 1.72 bits per heavy atom. The largest absolute Gasteiger partial charge is 0.317 e. The molecule has 3 rings (SSSR count). The monoisotopic (exact) mass is 251 g/mol. The molecule has 0 aromatic rings. The lowest BCUT2D eigenvalue weighted by Gasteiger charge is -2.40. The van der Waals surface area contributed by atoms with Crippen molar-refractivity contribution in [2.24, 2.45) is 5.92 Å². The van der Waals surface area contributed by atoms with Crippen LogP contribution in [0.5, 0.6) is 0 Å². The molecule has 3 fully saturated rings. The highest BCUT2D eigenvalue weighted by molar-refractivity contribution is 4.90. The zero-order valence-corrected chi connectivity index (χ0v) is 11.9. The zero-order chi connectivity index (χ0) is 12.4. The van der Waals surface area contributed by atoms with Crippen molar-refractivity contribution in [2.45, 2.75) is 64.0 Å². The summed E-state index contributed by atoms with van der Waals surface area (Å²) in [5, 5.41) is 8.97. The summed E-state index contributed by atoms with van der Waals surface area (Å²) in [6.07, 6.45) is 10.0. The van der Waals surface area contributed by atoms with Crippen LogP contribution in [0.1, 0.15) is 51.9 Å². The smallest absolute Gasteiger partial charge is 0.0286 e. The average molecular weight is 251 g/mol. The summed E-state index contributed by atoms with van der Waals surface area (Å²) in [6.45, 7) is 7.31. The molecule has 2 aliphatic heterocycles. The summed E-state index contributed by atoms with van der Waals surface area (Å²) in [7, 11) is 0. The summed E-state index contributed by atoms with van der Waals surface area (Å²) in [5.41, 5.74) is 0. The van der Waals surface area contributed by atoms with Crippen molar-refractivity contribution < 1.29 is 0 Å². The van der Waals surface area contributed by atoms with E-state index < -0.39 is 0 Å². The average Bonchev–Trinajstić information content (AvgIpc) is 3.08. The molecular formula is C15H29N3. The normalized spacial score (nSPS) is 33.5. The summed E-state index contributed by atoms with van der Waals surface area (Å²) < 4.78 is 0. The highest BCUT2D eigenvalue weighted by atomic mass is 15.7. The van der Waals surface area contributed by atoms with E-state index in [1.165, 1.54) is 71.1 Å². The predicted octanol–water partition coefficient (Wildman–Crippen LogP) is 2.24. The Labute approximate surface area is 112 Å².